The molecule has 1 heterocycles. The molecule has 1 amide bonds. The lowest BCUT2D eigenvalue weighted by molar-refractivity contribution is -0.122. The van der Waals surface area contributed by atoms with Gasteiger partial charge in [-0.2, -0.15) is 0 Å². The fourth-order valence-corrected chi connectivity index (χ4v) is 1.41. The molecule has 0 atom stereocenters. The zero-order chi connectivity index (χ0) is 12.3. The summed E-state index contributed by atoms with van der Waals surface area (Å²) in [5.41, 5.74) is 0. The smallest absolute Gasteiger partial charge is 0.371 e. The standard InChI is InChI=1S/C11H14N2O4/c14-10(7-1-2-7)13-6-5-12-9-4-3-8(17-9)11(15)16/h3-4,7,12H,1-2,5-6H2,(H,13,14)(H,15,16). The van der Waals surface area contributed by atoms with Crippen molar-refractivity contribution in [2.24, 2.45) is 5.92 Å². The van der Waals surface area contributed by atoms with Crippen LogP contribution in [0, 0.1) is 5.92 Å². The largest absolute Gasteiger partial charge is 0.475 e. The summed E-state index contributed by atoms with van der Waals surface area (Å²) >= 11 is 0. The first kappa shape index (κ1) is 11.5. The Morgan fingerprint density at radius 3 is 2.71 bits per heavy atom. The maximum absolute atomic E-state index is 11.3. The molecule has 0 aliphatic heterocycles. The van der Waals surface area contributed by atoms with E-state index < -0.39 is 5.97 Å². The van der Waals surface area contributed by atoms with Crippen molar-refractivity contribution in [1.82, 2.24) is 5.32 Å². The van der Waals surface area contributed by atoms with E-state index in [9.17, 15) is 9.59 Å². The fraction of sp³-hybridized carbons (Fsp3) is 0.455. The van der Waals surface area contributed by atoms with Gasteiger partial charge in [0.05, 0.1) is 0 Å². The molecule has 0 unspecified atom stereocenters. The van der Waals surface area contributed by atoms with Crippen LogP contribution in [0.25, 0.3) is 0 Å². The third kappa shape index (κ3) is 3.24. The molecule has 3 N–H and O–H groups in total. The van der Waals surface area contributed by atoms with Crippen LogP contribution in [0.5, 0.6) is 0 Å². The first-order valence-electron chi connectivity index (χ1n) is 5.51. The number of amides is 1. The van der Waals surface area contributed by atoms with E-state index in [4.69, 9.17) is 9.52 Å². The van der Waals surface area contributed by atoms with Gasteiger partial charge in [-0.15, -0.1) is 0 Å². The normalized spacial score (nSPS) is 14.4. The van der Waals surface area contributed by atoms with Crippen molar-refractivity contribution < 1.29 is 19.1 Å². The molecule has 0 bridgehead atoms. The lowest BCUT2D eigenvalue weighted by Gasteiger charge is -2.04. The number of carbonyl (C=O) groups excluding carboxylic acids is 1. The zero-order valence-corrected chi connectivity index (χ0v) is 9.23. The first-order chi connectivity index (χ1) is 8.16. The van der Waals surface area contributed by atoms with Crippen LogP contribution < -0.4 is 10.6 Å². The SMILES string of the molecule is O=C(O)c1ccc(NCCNC(=O)C2CC2)o1. The van der Waals surface area contributed by atoms with Crippen molar-refractivity contribution in [3.8, 4) is 0 Å². The molecule has 1 fully saturated rings. The molecule has 0 spiro atoms. The zero-order valence-electron chi connectivity index (χ0n) is 9.23. The Hall–Kier alpha value is -1.98. The second-order valence-electron chi connectivity index (χ2n) is 3.96. The van der Waals surface area contributed by atoms with Crippen molar-refractivity contribution >= 4 is 17.8 Å². The Morgan fingerprint density at radius 1 is 1.35 bits per heavy atom. The average molecular weight is 238 g/mol. The molecule has 2 rings (SSSR count). The van der Waals surface area contributed by atoms with Crippen molar-refractivity contribution in [3.63, 3.8) is 0 Å². The Balaban J connectivity index is 1.66. The topological polar surface area (TPSA) is 91.6 Å². The summed E-state index contributed by atoms with van der Waals surface area (Å²) in [6, 6.07) is 2.93. The molecular formula is C11H14N2O4. The highest BCUT2D eigenvalue weighted by Gasteiger charge is 2.28. The summed E-state index contributed by atoms with van der Waals surface area (Å²) in [6.45, 7) is 1.00. The van der Waals surface area contributed by atoms with E-state index in [0.717, 1.165) is 12.8 Å². The Kier molecular flexibility index (Phi) is 3.32. The minimum absolute atomic E-state index is 0.0949. The van der Waals surface area contributed by atoms with Crippen molar-refractivity contribution in [1.29, 1.82) is 0 Å². The van der Waals surface area contributed by atoms with Gasteiger partial charge in [0, 0.05) is 25.1 Å². The number of aromatic carboxylic acids is 1. The summed E-state index contributed by atoms with van der Waals surface area (Å²) in [5.74, 6) is -0.507. The van der Waals surface area contributed by atoms with E-state index in [1.807, 2.05) is 0 Å². The summed E-state index contributed by atoms with van der Waals surface area (Å²) in [6.07, 6.45) is 1.97. The highest BCUT2D eigenvalue weighted by Crippen LogP contribution is 2.28. The van der Waals surface area contributed by atoms with Gasteiger partial charge in [-0.25, -0.2) is 4.79 Å². The van der Waals surface area contributed by atoms with Gasteiger partial charge >= 0.3 is 5.97 Å². The lowest BCUT2D eigenvalue weighted by Crippen LogP contribution is -2.29. The van der Waals surface area contributed by atoms with Gasteiger partial charge in [-0.05, 0) is 18.9 Å². The summed E-state index contributed by atoms with van der Waals surface area (Å²) in [5, 5.41) is 14.3. The van der Waals surface area contributed by atoms with Crippen LogP contribution >= 0.6 is 0 Å². The lowest BCUT2D eigenvalue weighted by atomic mass is 10.4. The van der Waals surface area contributed by atoms with Crippen LogP contribution in [0.2, 0.25) is 0 Å². The molecule has 1 aromatic rings. The van der Waals surface area contributed by atoms with Crippen LogP contribution in [0.1, 0.15) is 23.4 Å². The van der Waals surface area contributed by atoms with Crippen molar-refractivity contribution in [2.75, 3.05) is 18.4 Å². The van der Waals surface area contributed by atoms with Gasteiger partial charge < -0.3 is 20.2 Å². The van der Waals surface area contributed by atoms with Crippen LogP contribution in [-0.2, 0) is 4.79 Å². The van der Waals surface area contributed by atoms with Crippen molar-refractivity contribution in [2.45, 2.75) is 12.8 Å². The van der Waals surface area contributed by atoms with Gasteiger partial charge in [-0.3, -0.25) is 4.79 Å². The molecule has 1 aromatic heterocycles. The number of hydrogen-bond acceptors (Lipinski definition) is 4. The van der Waals surface area contributed by atoms with Gasteiger partial charge in [0.15, 0.2) is 5.88 Å². The number of hydrogen-bond donors (Lipinski definition) is 3. The molecule has 0 saturated heterocycles. The van der Waals surface area contributed by atoms with E-state index in [-0.39, 0.29) is 17.6 Å². The quantitative estimate of drug-likeness (QED) is 0.641. The molecule has 17 heavy (non-hydrogen) atoms. The second kappa shape index (κ2) is 4.90. The van der Waals surface area contributed by atoms with Gasteiger partial charge in [0.1, 0.15) is 0 Å². The Morgan fingerprint density at radius 2 is 2.12 bits per heavy atom. The van der Waals surface area contributed by atoms with Crippen LogP contribution in [0.15, 0.2) is 16.5 Å². The molecule has 6 nitrogen and oxygen atoms in total. The summed E-state index contributed by atoms with van der Waals surface area (Å²) < 4.78 is 4.99. The van der Waals surface area contributed by atoms with Gasteiger partial charge in [0.2, 0.25) is 11.7 Å². The van der Waals surface area contributed by atoms with E-state index in [1.165, 1.54) is 6.07 Å². The first-order valence-corrected chi connectivity index (χ1v) is 5.51. The predicted octanol–water partition coefficient (Wildman–Crippen LogP) is 0.916. The van der Waals surface area contributed by atoms with E-state index in [2.05, 4.69) is 10.6 Å². The maximum Gasteiger partial charge on any atom is 0.371 e. The third-order valence-corrected chi connectivity index (χ3v) is 2.49. The number of carbonyl (C=O) groups is 2. The minimum atomic E-state index is -1.10. The molecule has 1 saturated carbocycles. The fourth-order valence-electron chi connectivity index (χ4n) is 1.41. The van der Waals surface area contributed by atoms with Gasteiger partial charge in [-0.1, -0.05) is 0 Å². The number of carboxylic acids is 1. The summed E-state index contributed by atoms with van der Waals surface area (Å²) in [7, 11) is 0. The molecule has 0 radical (unpaired) electrons. The molecule has 6 heteroatoms. The van der Waals surface area contributed by atoms with Crippen LogP contribution in [0.3, 0.4) is 0 Å². The predicted molar refractivity (Wildman–Crippen MR) is 59.9 cm³/mol. The van der Waals surface area contributed by atoms with E-state index in [1.54, 1.807) is 6.07 Å². The van der Waals surface area contributed by atoms with Gasteiger partial charge in [0.25, 0.3) is 0 Å². The number of furan rings is 1. The molecular weight excluding hydrogens is 224 g/mol. The maximum atomic E-state index is 11.3. The minimum Gasteiger partial charge on any atom is -0.475 e. The number of nitrogens with one attached hydrogen (secondary N) is 2. The van der Waals surface area contributed by atoms with E-state index >= 15 is 0 Å². The monoisotopic (exact) mass is 238 g/mol. The highest BCUT2D eigenvalue weighted by molar-refractivity contribution is 5.84. The van der Waals surface area contributed by atoms with Crippen LogP contribution in [-0.4, -0.2) is 30.1 Å². The molecule has 1 aliphatic carbocycles. The molecule has 0 aromatic carbocycles. The Labute approximate surface area is 98.0 Å². The molecule has 1 aliphatic rings. The van der Waals surface area contributed by atoms with E-state index in [0.29, 0.717) is 19.0 Å². The number of anilines is 1. The summed E-state index contributed by atoms with van der Waals surface area (Å²) in [4.78, 5) is 21.8. The number of rotatable bonds is 6. The second-order valence-corrected chi connectivity index (χ2v) is 3.96. The Bertz CT molecular complexity index is 423. The third-order valence-electron chi connectivity index (χ3n) is 2.49. The average Bonchev–Trinajstić information content (AvgIpc) is 3.03. The highest BCUT2D eigenvalue weighted by atomic mass is 16.4. The number of carboxylic acid groups (broad SMARTS) is 1. The van der Waals surface area contributed by atoms with Crippen molar-refractivity contribution in [3.05, 3.63) is 17.9 Å². The molecule has 92 valence electrons. The van der Waals surface area contributed by atoms with Crippen LogP contribution in [0.4, 0.5) is 5.88 Å².